The molecule has 0 aliphatic rings. The van der Waals surface area contributed by atoms with Gasteiger partial charge in [-0.2, -0.15) is 0 Å². The van der Waals surface area contributed by atoms with Crippen molar-refractivity contribution in [2.24, 2.45) is 5.92 Å². The molecule has 0 saturated carbocycles. The Bertz CT molecular complexity index is 1410. The third-order valence-corrected chi connectivity index (χ3v) is 8.50. The maximum atomic E-state index is 14.8. The molecule has 2 N–H and O–H groups in total. The molecule has 0 heterocycles. The molecule has 51 heavy (non-hydrogen) atoms. The molecule has 0 spiro atoms. The van der Waals surface area contributed by atoms with Gasteiger partial charge in [0.15, 0.2) is 0 Å². The number of rotatable bonds is 19. The van der Waals surface area contributed by atoms with Crippen molar-refractivity contribution in [3.05, 3.63) is 77.9 Å². The van der Waals surface area contributed by atoms with E-state index in [1.807, 2.05) is 62.4 Å². The summed E-state index contributed by atoms with van der Waals surface area (Å²) in [5.74, 6) is -1.77. The highest BCUT2D eigenvalue weighted by molar-refractivity contribution is 5.94. The van der Waals surface area contributed by atoms with Crippen molar-refractivity contribution in [3.8, 4) is 0 Å². The minimum atomic E-state index is -1.12. The molecule has 3 amide bonds. The molecule has 9 nitrogen and oxygen atoms in total. The lowest BCUT2D eigenvalue weighted by molar-refractivity contribution is -0.159. The Hall–Kier alpha value is -4.14. The highest BCUT2D eigenvalue weighted by Gasteiger charge is 2.39. The lowest BCUT2D eigenvalue weighted by Crippen LogP contribution is -2.56. The van der Waals surface area contributed by atoms with Crippen LogP contribution in [0.3, 0.4) is 0 Å². The van der Waals surface area contributed by atoms with E-state index in [1.165, 1.54) is 0 Å². The van der Waals surface area contributed by atoms with E-state index in [0.717, 1.165) is 43.2 Å². The van der Waals surface area contributed by atoms with Gasteiger partial charge in [0.25, 0.3) is 0 Å². The first-order valence-electron chi connectivity index (χ1n) is 18.6. The van der Waals surface area contributed by atoms with Gasteiger partial charge in [-0.05, 0) is 76.6 Å². The average molecular weight is 706 g/mol. The standard InChI is InChI=1S/C42H63N3O6/c1-11-14-15-16-17-21-27-45(38(47)35(30(4)12-2)44-40(49)51-42(8,9)10)36(33-26-22-25-31(13-3)28-33)37(46)43-34(39(48)50-41(5,6)7)29-32-23-19-18-20-24-32/h13,18-20,22-26,28,30,34-36H,3,11-12,14-17,21,27,29H2,1-2,4-10H3,(H,43,46)(H,44,49). The summed E-state index contributed by atoms with van der Waals surface area (Å²) in [6, 6.07) is 13.6. The molecule has 0 saturated heterocycles. The van der Waals surface area contributed by atoms with Gasteiger partial charge in [0.2, 0.25) is 11.8 Å². The van der Waals surface area contributed by atoms with Crippen molar-refractivity contribution in [2.75, 3.05) is 6.54 Å². The molecule has 0 aliphatic carbocycles. The zero-order valence-electron chi connectivity index (χ0n) is 32.6. The summed E-state index contributed by atoms with van der Waals surface area (Å²) in [6.07, 6.45) is 7.62. The molecule has 2 aromatic carbocycles. The van der Waals surface area contributed by atoms with E-state index in [9.17, 15) is 19.2 Å². The van der Waals surface area contributed by atoms with Gasteiger partial charge in [-0.15, -0.1) is 0 Å². The fraction of sp³-hybridized carbons (Fsp3) is 0.571. The third kappa shape index (κ3) is 15.3. The molecule has 0 fully saturated rings. The van der Waals surface area contributed by atoms with Crippen LogP contribution < -0.4 is 10.6 Å². The average Bonchev–Trinajstić information content (AvgIpc) is 3.06. The minimum Gasteiger partial charge on any atom is -0.458 e. The topological polar surface area (TPSA) is 114 Å². The SMILES string of the molecule is C=Cc1cccc(C(C(=O)NC(Cc2ccccc2)C(=O)OC(C)(C)C)N(CCCCCCCC)C(=O)C(NC(=O)OC(C)(C)C)C(C)CC)c1. The highest BCUT2D eigenvalue weighted by Crippen LogP contribution is 2.27. The van der Waals surface area contributed by atoms with Gasteiger partial charge in [0.05, 0.1) is 0 Å². The lowest BCUT2D eigenvalue weighted by Gasteiger charge is -2.37. The van der Waals surface area contributed by atoms with Gasteiger partial charge in [-0.3, -0.25) is 9.59 Å². The van der Waals surface area contributed by atoms with Gasteiger partial charge < -0.3 is 25.0 Å². The van der Waals surface area contributed by atoms with Gasteiger partial charge in [-0.25, -0.2) is 9.59 Å². The van der Waals surface area contributed by atoms with Crippen molar-refractivity contribution < 1.29 is 28.7 Å². The second-order valence-corrected chi connectivity index (χ2v) is 15.4. The molecular weight excluding hydrogens is 642 g/mol. The number of alkyl carbamates (subject to hydrolysis) is 1. The number of benzene rings is 2. The largest absolute Gasteiger partial charge is 0.458 e. The van der Waals surface area contributed by atoms with Gasteiger partial charge in [0, 0.05) is 13.0 Å². The first-order chi connectivity index (χ1) is 24.0. The van der Waals surface area contributed by atoms with Crippen LogP contribution in [0.5, 0.6) is 0 Å². The number of hydrogen-bond acceptors (Lipinski definition) is 6. The van der Waals surface area contributed by atoms with Crippen LogP contribution in [-0.2, 0) is 30.3 Å². The minimum absolute atomic E-state index is 0.196. The molecule has 282 valence electrons. The van der Waals surface area contributed by atoms with Crippen molar-refractivity contribution in [1.82, 2.24) is 15.5 Å². The van der Waals surface area contributed by atoms with E-state index in [2.05, 4.69) is 24.1 Å². The monoisotopic (exact) mass is 705 g/mol. The molecule has 0 aromatic heterocycles. The summed E-state index contributed by atoms with van der Waals surface area (Å²) in [5, 5.41) is 5.82. The first-order valence-corrected chi connectivity index (χ1v) is 18.6. The summed E-state index contributed by atoms with van der Waals surface area (Å²) in [5.41, 5.74) is 0.624. The van der Waals surface area contributed by atoms with Crippen LogP contribution in [0.25, 0.3) is 6.08 Å². The number of nitrogens with zero attached hydrogens (tertiary/aromatic N) is 1. The van der Waals surface area contributed by atoms with Crippen LogP contribution in [0, 0.1) is 5.92 Å². The third-order valence-electron chi connectivity index (χ3n) is 8.50. The van der Waals surface area contributed by atoms with E-state index < -0.39 is 53.2 Å². The number of amides is 3. The molecule has 0 aliphatic heterocycles. The normalized spacial score (nSPS) is 14.0. The Morgan fingerprint density at radius 2 is 1.45 bits per heavy atom. The molecule has 2 rings (SSSR count). The smallest absolute Gasteiger partial charge is 0.408 e. The summed E-state index contributed by atoms with van der Waals surface area (Å²) in [7, 11) is 0. The summed E-state index contributed by atoms with van der Waals surface area (Å²) in [6.45, 7) is 20.8. The zero-order valence-corrected chi connectivity index (χ0v) is 32.6. The van der Waals surface area contributed by atoms with E-state index in [1.54, 1.807) is 58.6 Å². The number of carbonyl (C=O) groups excluding carboxylic acids is 4. The molecule has 9 heteroatoms. The van der Waals surface area contributed by atoms with E-state index in [4.69, 9.17) is 9.47 Å². The van der Waals surface area contributed by atoms with E-state index in [0.29, 0.717) is 18.4 Å². The lowest BCUT2D eigenvalue weighted by atomic mass is 9.94. The Balaban J connectivity index is 2.68. The summed E-state index contributed by atoms with van der Waals surface area (Å²) >= 11 is 0. The van der Waals surface area contributed by atoms with Gasteiger partial charge in [0.1, 0.15) is 29.3 Å². The molecule has 0 radical (unpaired) electrons. The van der Waals surface area contributed by atoms with Crippen LogP contribution in [0.15, 0.2) is 61.2 Å². The van der Waals surface area contributed by atoms with Gasteiger partial charge >= 0.3 is 12.1 Å². The number of esters is 1. The Morgan fingerprint density at radius 1 is 0.824 bits per heavy atom. The fourth-order valence-electron chi connectivity index (χ4n) is 5.72. The van der Waals surface area contributed by atoms with E-state index >= 15 is 0 Å². The molecule has 4 atom stereocenters. The quantitative estimate of drug-likeness (QED) is 0.112. The summed E-state index contributed by atoms with van der Waals surface area (Å²) in [4.78, 5) is 57.9. The van der Waals surface area contributed by atoms with Gasteiger partial charge in [-0.1, -0.05) is 120 Å². The van der Waals surface area contributed by atoms with Crippen LogP contribution in [0.1, 0.15) is 130 Å². The van der Waals surface area contributed by atoms with Crippen molar-refractivity contribution in [1.29, 1.82) is 0 Å². The first kappa shape index (κ1) is 43.0. The number of hydrogen-bond donors (Lipinski definition) is 2. The molecule has 0 bridgehead atoms. The molecule has 2 aromatic rings. The number of carbonyl (C=O) groups is 4. The van der Waals surface area contributed by atoms with Crippen LogP contribution in [0.2, 0.25) is 0 Å². The Kier molecular flexibility index (Phi) is 17.4. The second kappa shape index (κ2) is 20.6. The predicted octanol–water partition coefficient (Wildman–Crippen LogP) is 8.57. The predicted molar refractivity (Wildman–Crippen MR) is 205 cm³/mol. The zero-order chi connectivity index (χ0) is 38.2. The maximum absolute atomic E-state index is 14.8. The molecular formula is C42H63N3O6. The van der Waals surface area contributed by atoms with Crippen molar-refractivity contribution >= 4 is 30.0 Å². The van der Waals surface area contributed by atoms with Crippen molar-refractivity contribution in [3.63, 3.8) is 0 Å². The van der Waals surface area contributed by atoms with Crippen LogP contribution >= 0.6 is 0 Å². The second-order valence-electron chi connectivity index (χ2n) is 15.4. The van der Waals surface area contributed by atoms with Crippen LogP contribution in [-0.4, -0.2) is 58.6 Å². The highest BCUT2D eigenvalue weighted by atomic mass is 16.6. The maximum Gasteiger partial charge on any atom is 0.408 e. The van der Waals surface area contributed by atoms with E-state index in [-0.39, 0.29) is 18.9 Å². The van der Waals surface area contributed by atoms with Crippen molar-refractivity contribution in [2.45, 2.75) is 143 Å². The Morgan fingerprint density at radius 3 is 2.04 bits per heavy atom. The summed E-state index contributed by atoms with van der Waals surface area (Å²) < 4.78 is 11.3. The Labute approximate surface area is 306 Å². The number of unbranched alkanes of at least 4 members (excludes halogenated alkanes) is 5. The molecule has 4 unspecified atom stereocenters. The fourth-order valence-corrected chi connectivity index (χ4v) is 5.72. The van der Waals surface area contributed by atoms with Crippen LogP contribution in [0.4, 0.5) is 4.79 Å². The number of ether oxygens (including phenoxy) is 2. The number of nitrogens with one attached hydrogen (secondary N) is 2.